The molecular weight excluding hydrogens is 430 g/mol. The molecule has 0 saturated heterocycles. The number of ether oxygens (including phenoxy) is 2. The number of esters is 1. The van der Waals surface area contributed by atoms with Gasteiger partial charge in [-0.25, -0.2) is 4.99 Å². The molecule has 0 fully saturated rings. The third-order valence-electron chi connectivity index (χ3n) is 6.25. The number of rotatable bonds is 7. The average molecular weight is 464 g/mol. The molecule has 0 aromatic heterocycles. The van der Waals surface area contributed by atoms with E-state index in [1.807, 2.05) is 36.4 Å². The molecule has 0 spiro atoms. The van der Waals surface area contributed by atoms with Crippen LogP contribution in [0.2, 0.25) is 0 Å². The van der Waals surface area contributed by atoms with Gasteiger partial charge in [-0.2, -0.15) is 0 Å². The van der Waals surface area contributed by atoms with Crippen LogP contribution in [-0.4, -0.2) is 42.5 Å². The van der Waals surface area contributed by atoms with Crippen LogP contribution in [-0.2, 0) is 27.3 Å². The smallest absolute Gasteiger partial charge is 0.321 e. The van der Waals surface area contributed by atoms with E-state index in [4.69, 9.17) is 14.5 Å². The zero-order valence-corrected chi connectivity index (χ0v) is 20.1. The molecule has 4 rings (SSSR count). The van der Waals surface area contributed by atoms with Crippen molar-refractivity contribution in [3.8, 4) is 5.75 Å². The minimum absolute atomic E-state index is 0.206. The van der Waals surface area contributed by atoms with Crippen molar-refractivity contribution in [1.82, 2.24) is 10.2 Å². The van der Waals surface area contributed by atoms with E-state index in [0.29, 0.717) is 25.0 Å². The number of nitrogens with one attached hydrogen (secondary N) is 1. The summed E-state index contributed by atoms with van der Waals surface area (Å²) in [7, 11) is 0. The lowest BCUT2D eigenvalue weighted by atomic mass is 9.91. The fourth-order valence-electron chi connectivity index (χ4n) is 4.32. The predicted octanol–water partition coefficient (Wildman–Crippen LogP) is 3.88. The van der Waals surface area contributed by atoms with Crippen LogP contribution < -0.4 is 10.1 Å². The standard InChI is InChI=1S/C27H33N3O4/c1-4-33-26(32)23-24(20-9-11-22(12-10-20)34-16-14-18(2)3)28-27(29-25(23)31)30-15-13-19-7-5-6-8-21(19)17-30/h5-12,18,23-24H,4,13-17H2,1-3H3,(H,28,29,31)/t23-,24-/m1/s1. The highest BCUT2D eigenvalue weighted by Crippen LogP contribution is 2.32. The third kappa shape index (κ3) is 5.41. The molecule has 7 nitrogen and oxygen atoms in total. The summed E-state index contributed by atoms with van der Waals surface area (Å²) in [4.78, 5) is 32.8. The number of amides is 1. The molecule has 2 heterocycles. The topological polar surface area (TPSA) is 80.2 Å². The van der Waals surface area contributed by atoms with Crippen LogP contribution in [0.5, 0.6) is 5.75 Å². The Balaban J connectivity index is 1.59. The molecule has 0 unspecified atom stereocenters. The molecule has 1 amide bonds. The van der Waals surface area contributed by atoms with E-state index in [0.717, 1.165) is 30.7 Å². The Bertz CT molecular complexity index is 1050. The van der Waals surface area contributed by atoms with Gasteiger partial charge in [-0.1, -0.05) is 50.2 Å². The first-order valence-corrected chi connectivity index (χ1v) is 12.1. The van der Waals surface area contributed by atoms with E-state index in [1.54, 1.807) is 6.92 Å². The van der Waals surface area contributed by atoms with Crippen LogP contribution >= 0.6 is 0 Å². The van der Waals surface area contributed by atoms with Crippen LogP contribution in [0.25, 0.3) is 0 Å². The van der Waals surface area contributed by atoms with E-state index in [9.17, 15) is 9.59 Å². The van der Waals surface area contributed by atoms with E-state index >= 15 is 0 Å². The Morgan fingerprint density at radius 3 is 2.59 bits per heavy atom. The Morgan fingerprint density at radius 1 is 1.15 bits per heavy atom. The minimum Gasteiger partial charge on any atom is -0.494 e. The van der Waals surface area contributed by atoms with Crippen LogP contribution in [0, 0.1) is 11.8 Å². The largest absolute Gasteiger partial charge is 0.494 e. The van der Waals surface area contributed by atoms with Gasteiger partial charge in [-0.15, -0.1) is 0 Å². The molecule has 0 bridgehead atoms. The second kappa shape index (κ2) is 10.7. The van der Waals surface area contributed by atoms with E-state index in [1.165, 1.54) is 11.1 Å². The van der Waals surface area contributed by atoms with E-state index in [2.05, 4.69) is 36.2 Å². The maximum atomic E-state index is 13.1. The molecule has 7 heteroatoms. The molecule has 0 saturated carbocycles. The summed E-state index contributed by atoms with van der Waals surface area (Å²) in [5.74, 6) is -0.150. The van der Waals surface area contributed by atoms with Crippen LogP contribution in [0.3, 0.4) is 0 Å². The number of carbonyl (C=O) groups is 2. The first-order valence-electron chi connectivity index (χ1n) is 12.1. The summed E-state index contributed by atoms with van der Waals surface area (Å²) in [6, 6.07) is 15.2. The van der Waals surface area contributed by atoms with E-state index < -0.39 is 17.9 Å². The van der Waals surface area contributed by atoms with Gasteiger partial charge in [-0.05, 0) is 54.5 Å². The maximum absolute atomic E-state index is 13.1. The summed E-state index contributed by atoms with van der Waals surface area (Å²) in [5.41, 5.74) is 3.31. The van der Waals surface area contributed by atoms with Crippen molar-refractivity contribution in [3.63, 3.8) is 0 Å². The van der Waals surface area contributed by atoms with Crippen molar-refractivity contribution in [1.29, 1.82) is 0 Å². The molecule has 0 aliphatic carbocycles. The molecule has 2 aliphatic rings. The first-order chi connectivity index (χ1) is 16.5. The monoisotopic (exact) mass is 463 g/mol. The fraction of sp³-hybridized carbons (Fsp3) is 0.444. The zero-order chi connectivity index (χ0) is 24.1. The number of fused-ring (bicyclic) bond motifs is 1. The Morgan fingerprint density at radius 2 is 1.88 bits per heavy atom. The number of benzene rings is 2. The Kier molecular flexibility index (Phi) is 7.50. The number of carbonyl (C=O) groups excluding carboxylic acids is 2. The van der Waals surface area contributed by atoms with Crippen LogP contribution in [0.15, 0.2) is 53.5 Å². The van der Waals surface area contributed by atoms with E-state index in [-0.39, 0.29) is 12.5 Å². The SMILES string of the molecule is CCOC(=O)[C@H]1C(=O)NC(N2CCc3ccccc3C2)=N[C@@H]1c1ccc(OCCC(C)C)cc1. The summed E-state index contributed by atoms with van der Waals surface area (Å²) in [5, 5.41) is 2.87. The van der Waals surface area contributed by atoms with Gasteiger partial charge < -0.3 is 14.4 Å². The predicted molar refractivity (Wildman–Crippen MR) is 130 cm³/mol. The fourth-order valence-corrected chi connectivity index (χ4v) is 4.32. The molecule has 1 N–H and O–H groups in total. The van der Waals surface area contributed by atoms with Gasteiger partial charge in [0.1, 0.15) is 11.8 Å². The first kappa shape index (κ1) is 23.8. The lowest BCUT2D eigenvalue weighted by Gasteiger charge is -2.36. The van der Waals surface area contributed by atoms with Crippen LogP contribution in [0.1, 0.15) is 49.9 Å². The normalized spacial score (nSPS) is 19.8. The summed E-state index contributed by atoms with van der Waals surface area (Å²) >= 11 is 0. The number of aliphatic imine (C=N–C) groups is 1. The Hall–Kier alpha value is -3.35. The van der Waals surface area contributed by atoms with Gasteiger partial charge in [0.15, 0.2) is 5.92 Å². The molecule has 2 aromatic rings. The molecule has 180 valence electrons. The number of guanidine groups is 1. The van der Waals surface area contributed by atoms with Crippen molar-refractivity contribution in [2.75, 3.05) is 19.8 Å². The lowest BCUT2D eigenvalue weighted by Crippen LogP contribution is -2.53. The van der Waals surface area contributed by atoms with Gasteiger partial charge in [0.05, 0.1) is 13.2 Å². The lowest BCUT2D eigenvalue weighted by molar-refractivity contribution is -0.153. The van der Waals surface area contributed by atoms with Gasteiger partial charge in [0.2, 0.25) is 11.9 Å². The van der Waals surface area contributed by atoms with Crippen molar-refractivity contribution < 1.29 is 19.1 Å². The molecule has 0 radical (unpaired) electrons. The highest BCUT2D eigenvalue weighted by Gasteiger charge is 2.42. The van der Waals surface area contributed by atoms with Gasteiger partial charge in [0.25, 0.3) is 0 Å². The van der Waals surface area contributed by atoms with Gasteiger partial charge >= 0.3 is 5.97 Å². The number of hydrogen-bond donors (Lipinski definition) is 1. The zero-order valence-electron chi connectivity index (χ0n) is 20.1. The summed E-state index contributed by atoms with van der Waals surface area (Å²) < 4.78 is 11.1. The van der Waals surface area contributed by atoms with Crippen molar-refractivity contribution >= 4 is 17.8 Å². The number of nitrogens with zero attached hydrogens (tertiary/aromatic N) is 2. The highest BCUT2D eigenvalue weighted by molar-refractivity contribution is 6.08. The molecule has 2 aromatic carbocycles. The van der Waals surface area contributed by atoms with Gasteiger partial charge in [-0.3, -0.25) is 14.9 Å². The summed E-state index contributed by atoms with van der Waals surface area (Å²) in [6.07, 6.45) is 1.85. The third-order valence-corrected chi connectivity index (χ3v) is 6.25. The minimum atomic E-state index is -1.03. The summed E-state index contributed by atoms with van der Waals surface area (Å²) in [6.45, 7) is 8.31. The van der Waals surface area contributed by atoms with Gasteiger partial charge in [0, 0.05) is 13.1 Å². The highest BCUT2D eigenvalue weighted by atomic mass is 16.5. The molecule has 34 heavy (non-hydrogen) atoms. The van der Waals surface area contributed by atoms with Crippen LogP contribution in [0.4, 0.5) is 0 Å². The van der Waals surface area contributed by atoms with Crippen molar-refractivity contribution in [3.05, 3.63) is 65.2 Å². The number of hydrogen-bond acceptors (Lipinski definition) is 6. The van der Waals surface area contributed by atoms with Crippen molar-refractivity contribution in [2.45, 2.75) is 46.2 Å². The quantitative estimate of drug-likeness (QED) is 0.498. The van der Waals surface area contributed by atoms with Crippen molar-refractivity contribution in [2.24, 2.45) is 16.8 Å². The Labute approximate surface area is 201 Å². The average Bonchev–Trinajstić information content (AvgIpc) is 2.83. The molecule has 2 aliphatic heterocycles. The molecular formula is C27H33N3O4. The molecule has 2 atom stereocenters. The second-order valence-corrected chi connectivity index (χ2v) is 9.16. The second-order valence-electron chi connectivity index (χ2n) is 9.16. The maximum Gasteiger partial charge on any atom is 0.321 e.